The summed E-state index contributed by atoms with van der Waals surface area (Å²) in [7, 11) is 1.34. The van der Waals surface area contributed by atoms with Crippen LogP contribution in [-0.4, -0.2) is 30.1 Å². The van der Waals surface area contributed by atoms with Gasteiger partial charge in [0.2, 0.25) is 5.91 Å². The Hall–Kier alpha value is -2.15. The second-order valence-electron chi connectivity index (χ2n) is 8.99. The number of carbonyl (C=O) groups excluding carboxylic acids is 2. The third-order valence-electron chi connectivity index (χ3n) is 6.20. The Bertz CT molecular complexity index is 848. The van der Waals surface area contributed by atoms with Crippen molar-refractivity contribution in [3.63, 3.8) is 0 Å². The van der Waals surface area contributed by atoms with Crippen molar-refractivity contribution in [1.82, 2.24) is 0 Å². The van der Waals surface area contributed by atoms with Crippen LogP contribution in [0.15, 0.2) is 12.2 Å². The quantitative estimate of drug-likeness (QED) is 0.561. The highest BCUT2D eigenvalue weighted by molar-refractivity contribution is 7.17. The topological polar surface area (TPSA) is 92.7 Å². The van der Waals surface area contributed by atoms with Gasteiger partial charge in [0.25, 0.3) is 0 Å². The maximum absolute atomic E-state index is 12.9. The lowest BCUT2D eigenvalue weighted by Gasteiger charge is -2.33. The zero-order valence-electron chi connectivity index (χ0n) is 17.4. The molecule has 0 unspecified atom stereocenters. The number of amides is 1. The van der Waals surface area contributed by atoms with E-state index in [2.05, 4.69) is 26.1 Å². The Kier molecular flexibility index (Phi) is 6.17. The normalized spacial score (nSPS) is 23.9. The van der Waals surface area contributed by atoms with E-state index in [4.69, 9.17) is 4.74 Å². The van der Waals surface area contributed by atoms with E-state index in [0.29, 0.717) is 29.3 Å². The van der Waals surface area contributed by atoms with E-state index in [1.54, 1.807) is 6.08 Å². The van der Waals surface area contributed by atoms with Gasteiger partial charge >= 0.3 is 11.9 Å². The number of carboxylic acids is 1. The van der Waals surface area contributed by atoms with Crippen molar-refractivity contribution in [2.45, 2.75) is 52.9 Å². The fourth-order valence-corrected chi connectivity index (χ4v) is 5.63. The van der Waals surface area contributed by atoms with Crippen molar-refractivity contribution in [1.29, 1.82) is 0 Å². The molecule has 0 aromatic carbocycles. The molecule has 3 rings (SSSR count). The highest BCUT2D eigenvalue weighted by atomic mass is 32.1. The number of methoxy groups -OCH3 is 1. The number of allylic oxidation sites excluding steroid dienone is 2. The van der Waals surface area contributed by atoms with Gasteiger partial charge in [-0.25, -0.2) is 4.79 Å². The van der Waals surface area contributed by atoms with E-state index in [9.17, 15) is 19.5 Å². The Morgan fingerprint density at radius 1 is 1.17 bits per heavy atom. The van der Waals surface area contributed by atoms with Crippen LogP contribution in [0.5, 0.6) is 0 Å². The Labute approximate surface area is 175 Å². The number of hydrogen-bond donors (Lipinski definition) is 2. The number of rotatable bonds is 4. The van der Waals surface area contributed by atoms with Gasteiger partial charge < -0.3 is 15.2 Å². The molecule has 1 aromatic rings. The molecule has 1 aromatic heterocycles. The summed E-state index contributed by atoms with van der Waals surface area (Å²) in [6.45, 7) is 6.68. The van der Waals surface area contributed by atoms with Gasteiger partial charge in [0.05, 0.1) is 24.5 Å². The minimum absolute atomic E-state index is 0.166. The van der Waals surface area contributed by atoms with Gasteiger partial charge in [-0.15, -0.1) is 11.3 Å². The summed E-state index contributed by atoms with van der Waals surface area (Å²) in [5.41, 5.74) is 1.57. The lowest BCUT2D eigenvalue weighted by atomic mass is 9.72. The molecule has 3 atom stereocenters. The summed E-state index contributed by atoms with van der Waals surface area (Å²) in [5, 5.41) is 12.8. The highest BCUT2D eigenvalue weighted by Crippen LogP contribution is 2.44. The standard InChI is InChI=1S/C22H29NO5S/c1-22(2,3)12-9-10-15-16(11-12)29-19(17(15)21(27)28-4)23-18(24)13-7-5-6-8-14(13)20(25)26/h5-6,12-14H,7-11H2,1-4H3,(H,23,24)(H,25,26)/t12-,13+,14+/m0/s1. The first-order valence-electron chi connectivity index (χ1n) is 10.0. The first-order valence-corrected chi connectivity index (χ1v) is 10.9. The third-order valence-corrected chi connectivity index (χ3v) is 7.37. The van der Waals surface area contributed by atoms with E-state index < -0.39 is 23.8 Å². The molecule has 0 radical (unpaired) electrons. The molecule has 1 heterocycles. The largest absolute Gasteiger partial charge is 0.481 e. The summed E-state index contributed by atoms with van der Waals surface area (Å²) in [6, 6.07) is 0. The van der Waals surface area contributed by atoms with E-state index in [1.807, 2.05) is 6.08 Å². The van der Waals surface area contributed by atoms with Gasteiger partial charge in [0.15, 0.2) is 0 Å². The van der Waals surface area contributed by atoms with Gasteiger partial charge in [0, 0.05) is 4.88 Å². The first kappa shape index (κ1) is 21.6. The minimum Gasteiger partial charge on any atom is -0.481 e. The van der Waals surface area contributed by atoms with Gasteiger partial charge in [-0.2, -0.15) is 0 Å². The van der Waals surface area contributed by atoms with Crippen molar-refractivity contribution < 1.29 is 24.2 Å². The zero-order valence-corrected chi connectivity index (χ0v) is 18.2. The number of nitrogens with one attached hydrogen (secondary N) is 1. The minimum atomic E-state index is -0.971. The number of anilines is 1. The van der Waals surface area contributed by atoms with Crippen LogP contribution < -0.4 is 5.32 Å². The molecule has 0 bridgehead atoms. The average molecular weight is 420 g/mol. The molecule has 29 heavy (non-hydrogen) atoms. The van der Waals surface area contributed by atoms with Crippen molar-refractivity contribution in [2.75, 3.05) is 12.4 Å². The van der Waals surface area contributed by atoms with Crippen LogP contribution >= 0.6 is 11.3 Å². The van der Waals surface area contributed by atoms with Crippen LogP contribution in [0.25, 0.3) is 0 Å². The summed E-state index contributed by atoms with van der Waals surface area (Å²) in [5.74, 6) is -2.67. The maximum Gasteiger partial charge on any atom is 0.341 e. The maximum atomic E-state index is 12.9. The highest BCUT2D eigenvalue weighted by Gasteiger charge is 2.37. The van der Waals surface area contributed by atoms with Crippen molar-refractivity contribution in [3.05, 3.63) is 28.2 Å². The predicted molar refractivity (Wildman–Crippen MR) is 112 cm³/mol. The van der Waals surface area contributed by atoms with Crippen molar-refractivity contribution in [3.8, 4) is 0 Å². The number of ether oxygens (including phenoxy) is 1. The molecular formula is C22H29NO5S. The van der Waals surface area contributed by atoms with Gasteiger partial charge in [-0.1, -0.05) is 32.9 Å². The zero-order chi connectivity index (χ0) is 21.3. The molecule has 1 amide bonds. The molecular weight excluding hydrogens is 390 g/mol. The number of carboxylic acid groups (broad SMARTS) is 1. The fraction of sp³-hybridized carbons (Fsp3) is 0.591. The van der Waals surface area contributed by atoms with E-state index >= 15 is 0 Å². The lowest BCUT2D eigenvalue weighted by molar-refractivity contribution is -0.146. The molecule has 2 N–H and O–H groups in total. The van der Waals surface area contributed by atoms with Crippen LogP contribution in [0.3, 0.4) is 0 Å². The Morgan fingerprint density at radius 3 is 2.41 bits per heavy atom. The van der Waals surface area contributed by atoms with Crippen LogP contribution in [-0.2, 0) is 27.2 Å². The molecule has 0 spiro atoms. The van der Waals surface area contributed by atoms with Gasteiger partial charge in [0.1, 0.15) is 5.00 Å². The summed E-state index contributed by atoms with van der Waals surface area (Å²) < 4.78 is 4.99. The van der Waals surface area contributed by atoms with E-state index in [0.717, 1.165) is 29.7 Å². The number of carbonyl (C=O) groups is 3. The van der Waals surface area contributed by atoms with Crippen LogP contribution in [0.4, 0.5) is 5.00 Å². The van der Waals surface area contributed by atoms with E-state index in [1.165, 1.54) is 18.4 Å². The van der Waals surface area contributed by atoms with Crippen LogP contribution in [0.1, 0.15) is 60.8 Å². The van der Waals surface area contributed by atoms with E-state index in [-0.39, 0.29) is 11.3 Å². The molecule has 0 saturated heterocycles. The molecule has 0 aliphatic heterocycles. The Balaban J connectivity index is 1.90. The lowest BCUT2D eigenvalue weighted by Crippen LogP contribution is -2.34. The molecule has 6 nitrogen and oxygen atoms in total. The van der Waals surface area contributed by atoms with Gasteiger partial charge in [-0.3, -0.25) is 9.59 Å². The number of thiophene rings is 1. The summed E-state index contributed by atoms with van der Waals surface area (Å²) in [6.07, 6.45) is 7.00. The monoisotopic (exact) mass is 419 g/mol. The second kappa shape index (κ2) is 8.30. The second-order valence-corrected chi connectivity index (χ2v) is 10.1. The van der Waals surface area contributed by atoms with Gasteiger partial charge in [-0.05, 0) is 49.0 Å². The summed E-state index contributed by atoms with van der Waals surface area (Å²) >= 11 is 1.43. The van der Waals surface area contributed by atoms with Crippen molar-refractivity contribution >= 4 is 34.2 Å². The molecule has 7 heteroatoms. The van der Waals surface area contributed by atoms with Crippen molar-refractivity contribution in [2.24, 2.45) is 23.2 Å². The molecule has 2 aliphatic carbocycles. The Morgan fingerprint density at radius 2 is 1.83 bits per heavy atom. The average Bonchev–Trinajstić information content (AvgIpc) is 3.03. The first-order chi connectivity index (χ1) is 13.6. The fourth-order valence-electron chi connectivity index (χ4n) is 4.31. The third kappa shape index (κ3) is 4.39. The number of aliphatic carboxylic acids is 1. The van der Waals surface area contributed by atoms with Crippen LogP contribution in [0.2, 0.25) is 0 Å². The summed E-state index contributed by atoms with van der Waals surface area (Å²) in [4.78, 5) is 38.1. The SMILES string of the molecule is COC(=O)c1c(NC(=O)[C@@H]2CC=CC[C@H]2C(=O)O)sc2c1CC[C@H](C(C)(C)C)C2. The predicted octanol–water partition coefficient (Wildman–Crippen LogP) is 4.29. The number of hydrogen-bond acceptors (Lipinski definition) is 5. The molecule has 0 saturated carbocycles. The number of fused-ring (bicyclic) bond motifs is 1. The molecule has 2 aliphatic rings. The smallest absolute Gasteiger partial charge is 0.341 e. The molecule has 0 fully saturated rings. The molecule has 158 valence electrons. The van der Waals surface area contributed by atoms with Crippen LogP contribution in [0, 0.1) is 23.2 Å². The number of esters is 1.